The molecule has 0 aromatic heterocycles. The fraction of sp³-hybridized carbons (Fsp3) is 0. The van der Waals surface area contributed by atoms with Crippen LogP contribution in [0.15, 0.2) is 121 Å². The van der Waals surface area contributed by atoms with Gasteiger partial charge in [0.1, 0.15) is 28.5 Å². The molecule has 0 heterocycles. The molecule has 0 aliphatic rings. The van der Waals surface area contributed by atoms with Crippen LogP contribution >= 0.6 is 7.26 Å². The molecule has 0 saturated carbocycles. The second-order valence-corrected chi connectivity index (χ2v) is 9.42. The summed E-state index contributed by atoms with van der Waals surface area (Å²) < 4.78 is 0. The number of hydrogen-bond acceptors (Lipinski definition) is 0. The predicted molar refractivity (Wildman–Crippen MR) is 111 cm³/mol. The summed E-state index contributed by atoms with van der Waals surface area (Å²) in [7, 11) is -1.91. The van der Waals surface area contributed by atoms with Crippen LogP contribution in [-0.2, 0) is 22.4 Å². The van der Waals surface area contributed by atoms with E-state index < -0.39 is 7.26 Å². The largest absolute Gasteiger partial charge is 0.144 e. The van der Waals surface area contributed by atoms with Crippen LogP contribution in [0.25, 0.3) is 0 Å². The molecule has 0 aliphatic heterocycles. The summed E-state index contributed by atoms with van der Waals surface area (Å²) in [5.41, 5.74) is 0. The van der Waals surface area contributed by atoms with E-state index in [2.05, 4.69) is 121 Å². The molecule has 0 atom stereocenters. The Morgan fingerprint density at radius 2 is 0.500 bits per heavy atom. The Bertz CT molecular complexity index is 759. The van der Waals surface area contributed by atoms with E-state index in [1.165, 1.54) is 21.2 Å². The third kappa shape index (κ3) is 3.34. The Balaban J connectivity index is 0.00000196. The Hall–Kier alpha value is -1.95. The van der Waals surface area contributed by atoms with Gasteiger partial charge in [-0.3, -0.25) is 0 Å². The van der Waals surface area contributed by atoms with Crippen LogP contribution in [0.5, 0.6) is 0 Å². The zero-order valence-electron chi connectivity index (χ0n) is 14.3. The van der Waals surface area contributed by atoms with E-state index in [4.69, 9.17) is 0 Å². The zero-order chi connectivity index (χ0) is 17.0. The van der Waals surface area contributed by atoms with Crippen LogP contribution in [0.2, 0.25) is 0 Å². The van der Waals surface area contributed by atoms with Gasteiger partial charge in [-0.1, -0.05) is 72.8 Å². The van der Waals surface area contributed by atoms with Crippen LogP contribution in [-0.4, -0.2) is 0 Å². The van der Waals surface area contributed by atoms with E-state index in [9.17, 15) is 0 Å². The molecule has 0 aliphatic carbocycles. The van der Waals surface area contributed by atoms with Gasteiger partial charge in [0.25, 0.3) is 0 Å². The quantitative estimate of drug-likeness (QED) is 0.323. The summed E-state index contributed by atoms with van der Waals surface area (Å²) in [6.45, 7) is 0. The summed E-state index contributed by atoms with van der Waals surface area (Å²) in [5, 5.41) is 5.55. The predicted octanol–water partition coefficient (Wildman–Crippen LogP) is 4.30. The summed E-state index contributed by atoms with van der Waals surface area (Å²) in [4.78, 5) is 0. The van der Waals surface area contributed by atoms with Crippen molar-refractivity contribution in [3.8, 4) is 0 Å². The SMILES string of the molecule is [Ag].c1ccc([P+](c2ccccc2)(c2ccccc2)c2ccccc2)cc1. The minimum Gasteiger partial charge on any atom is -0.0620 e. The first-order chi connectivity index (χ1) is 12.4. The molecule has 26 heavy (non-hydrogen) atoms. The molecule has 0 N–H and O–H groups in total. The zero-order valence-corrected chi connectivity index (χ0v) is 16.7. The molecule has 4 aromatic carbocycles. The van der Waals surface area contributed by atoms with E-state index in [1.807, 2.05) is 0 Å². The first-order valence-corrected chi connectivity index (χ1v) is 10.3. The van der Waals surface area contributed by atoms with Crippen molar-refractivity contribution in [3.05, 3.63) is 121 Å². The van der Waals surface area contributed by atoms with Gasteiger partial charge < -0.3 is 0 Å². The van der Waals surface area contributed by atoms with E-state index >= 15 is 0 Å². The Morgan fingerprint density at radius 3 is 0.692 bits per heavy atom. The Labute approximate surface area is 171 Å². The van der Waals surface area contributed by atoms with Crippen molar-refractivity contribution in [2.45, 2.75) is 0 Å². The molecule has 0 bridgehead atoms. The number of benzene rings is 4. The molecule has 0 saturated heterocycles. The smallest absolute Gasteiger partial charge is 0.0620 e. The second kappa shape index (κ2) is 8.62. The van der Waals surface area contributed by atoms with Crippen molar-refractivity contribution in [1.82, 2.24) is 0 Å². The first kappa shape index (κ1) is 18.8. The molecule has 2 heteroatoms. The van der Waals surface area contributed by atoms with Gasteiger partial charge in [-0.05, 0) is 48.5 Å². The van der Waals surface area contributed by atoms with E-state index in [1.54, 1.807) is 0 Å². The first-order valence-electron chi connectivity index (χ1n) is 8.54. The molecular formula is C24H20AgP+. The summed E-state index contributed by atoms with van der Waals surface area (Å²) in [6, 6.07) is 43.8. The molecular weight excluding hydrogens is 427 g/mol. The van der Waals surface area contributed by atoms with Crippen molar-refractivity contribution < 1.29 is 22.4 Å². The minimum absolute atomic E-state index is 0. The van der Waals surface area contributed by atoms with Gasteiger partial charge in [-0.25, -0.2) is 0 Å². The normalized spacial score (nSPS) is 10.8. The maximum Gasteiger partial charge on any atom is 0.144 e. The average molecular weight is 447 g/mol. The molecule has 0 unspecified atom stereocenters. The molecule has 0 fully saturated rings. The van der Waals surface area contributed by atoms with Crippen molar-refractivity contribution in [3.63, 3.8) is 0 Å². The van der Waals surface area contributed by atoms with Gasteiger partial charge >= 0.3 is 0 Å². The van der Waals surface area contributed by atoms with Crippen LogP contribution in [0, 0.1) is 0 Å². The maximum atomic E-state index is 2.28. The fourth-order valence-electron chi connectivity index (χ4n) is 3.50. The van der Waals surface area contributed by atoms with Crippen LogP contribution in [0.3, 0.4) is 0 Å². The third-order valence-corrected chi connectivity index (χ3v) is 8.86. The summed E-state index contributed by atoms with van der Waals surface area (Å²) in [5.74, 6) is 0. The van der Waals surface area contributed by atoms with E-state index in [-0.39, 0.29) is 22.4 Å². The Morgan fingerprint density at radius 1 is 0.308 bits per heavy atom. The average Bonchev–Trinajstić information content (AvgIpc) is 2.72. The van der Waals surface area contributed by atoms with Gasteiger partial charge in [-0.15, -0.1) is 0 Å². The van der Waals surface area contributed by atoms with E-state index in [0.29, 0.717) is 0 Å². The van der Waals surface area contributed by atoms with Crippen LogP contribution < -0.4 is 21.2 Å². The van der Waals surface area contributed by atoms with Crippen LogP contribution in [0.4, 0.5) is 0 Å². The molecule has 0 nitrogen and oxygen atoms in total. The number of hydrogen-bond donors (Lipinski definition) is 0. The second-order valence-electron chi connectivity index (χ2n) is 6.01. The van der Waals surface area contributed by atoms with Gasteiger partial charge in [0.15, 0.2) is 0 Å². The van der Waals surface area contributed by atoms with Gasteiger partial charge in [0.2, 0.25) is 0 Å². The standard InChI is InChI=1S/C24H20P.Ag/c1-5-13-21(14-6-1)25(22-15-7-2-8-16-22,23-17-9-3-10-18-23)24-19-11-4-12-20-24;/h1-20H;/q+1;. The van der Waals surface area contributed by atoms with Gasteiger partial charge in [0, 0.05) is 22.4 Å². The fourth-order valence-corrected chi connectivity index (χ4v) is 7.77. The molecule has 4 aromatic rings. The van der Waals surface area contributed by atoms with Crippen molar-refractivity contribution >= 4 is 28.5 Å². The molecule has 131 valence electrons. The molecule has 0 spiro atoms. The van der Waals surface area contributed by atoms with Gasteiger partial charge in [0.05, 0.1) is 0 Å². The third-order valence-electron chi connectivity index (χ3n) is 4.57. The van der Waals surface area contributed by atoms with Crippen molar-refractivity contribution in [2.24, 2.45) is 0 Å². The maximum absolute atomic E-state index is 2.28. The number of rotatable bonds is 4. The minimum atomic E-state index is -1.91. The van der Waals surface area contributed by atoms with Crippen molar-refractivity contribution in [2.75, 3.05) is 0 Å². The summed E-state index contributed by atoms with van der Waals surface area (Å²) >= 11 is 0. The van der Waals surface area contributed by atoms with E-state index in [0.717, 1.165) is 0 Å². The topological polar surface area (TPSA) is 0 Å². The molecule has 4 rings (SSSR count). The van der Waals surface area contributed by atoms with Gasteiger partial charge in [-0.2, -0.15) is 0 Å². The summed E-state index contributed by atoms with van der Waals surface area (Å²) in [6.07, 6.45) is 0. The molecule has 1 radical (unpaired) electrons. The monoisotopic (exact) mass is 446 g/mol. The molecule has 0 amide bonds. The Kier molecular flexibility index (Phi) is 6.25. The van der Waals surface area contributed by atoms with Crippen LogP contribution in [0.1, 0.15) is 0 Å². The van der Waals surface area contributed by atoms with Crippen molar-refractivity contribution in [1.29, 1.82) is 0 Å².